The van der Waals surface area contributed by atoms with E-state index in [0.717, 1.165) is 24.9 Å². The molecule has 4 aromatic rings. The van der Waals surface area contributed by atoms with Crippen molar-refractivity contribution in [3.05, 3.63) is 63.9 Å². The van der Waals surface area contributed by atoms with Crippen LogP contribution in [-0.2, 0) is 18.8 Å². The van der Waals surface area contributed by atoms with E-state index in [2.05, 4.69) is 37.2 Å². The smallest absolute Gasteiger partial charge is 0.348 e. The standard InChI is InChI=1S/C11H11BrN2O2S.C11H10BrNO3S.C2H7N.2CH4/c1-3-13-10(15)8-4-6-9(17-8)7(12)5-14(2)11(6)16;1-3-16-11(15)8-4-6-9(17-8)7(12)5-13(2)10(6)14;1-2-3;;/h4-5H,3H2,1-2H3,(H,13,15);4-5H,3H2,1-2H3;2-3H2,1H3;2*1H4. The number of hydrogen-bond donors (Lipinski definition) is 2. The largest absolute Gasteiger partial charge is 0.462 e. The number of carbonyl (C=O) groups is 2. The number of halogens is 2. The molecule has 216 valence electrons. The summed E-state index contributed by atoms with van der Waals surface area (Å²) >= 11 is 9.37. The van der Waals surface area contributed by atoms with Gasteiger partial charge in [0.1, 0.15) is 4.88 Å². The van der Waals surface area contributed by atoms with Gasteiger partial charge in [-0.1, -0.05) is 21.8 Å². The third-order valence-electron chi connectivity index (χ3n) is 4.65. The van der Waals surface area contributed by atoms with E-state index in [1.165, 1.54) is 31.8 Å². The Morgan fingerprint density at radius 3 is 1.72 bits per heavy atom. The van der Waals surface area contributed by atoms with Crippen LogP contribution in [0.3, 0.4) is 0 Å². The number of thiophene rings is 2. The van der Waals surface area contributed by atoms with Crippen molar-refractivity contribution >= 4 is 86.6 Å². The molecule has 0 aliphatic heterocycles. The van der Waals surface area contributed by atoms with Crippen LogP contribution in [0.4, 0.5) is 0 Å². The van der Waals surface area contributed by atoms with Gasteiger partial charge in [-0.05, 0) is 64.4 Å². The van der Waals surface area contributed by atoms with Crippen molar-refractivity contribution in [1.29, 1.82) is 0 Å². The van der Waals surface area contributed by atoms with Gasteiger partial charge in [0.2, 0.25) is 0 Å². The van der Waals surface area contributed by atoms with Gasteiger partial charge in [0.05, 0.1) is 40.6 Å². The van der Waals surface area contributed by atoms with Gasteiger partial charge in [-0.25, -0.2) is 4.79 Å². The van der Waals surface area contributed by atoms with E-state index < -0.39 is 0 Å². The molecule has 4 heterocycles. The van der Waals surface area contributed by atoms with E-state index >= 15 is 0 Å². The van der Waals surface area contributed by atoms with Crippen molar-refractivity contribution in [3.8, 4) is 0 Å². The highest BCUT2D eigenvalue weighted by molar-refractivity contribution is 9.11. The fraction of sp³-hybridized carbons (Fsp3) is 0.385. The molecular formula is C26H36Br2N4O5S2. The summed E-state index contributed by atoms with van der Waals surface area (Å²) < 4.78 is 11.1. The molecule has 0 spiro atoms. The Hall–Kier alpha value is -2.32. The average Bonchev–Trinajstić information content (AvgIpc) is 3.49. The molecule has 39 heavy (non-hydrogen) atoms. The van der Waals surface area contributed by atoms with E-state index in [1.54, 1.807) is 45.5 Å². The van der Waals surface area contributed by atoms with Gasteiger partial charge < -0.3 is 24.9 Å². The molecule has 0 aliphatic carbocycles. The maximum Gasteiger partial charge on any atom is 0.348 e. The molecule has 3 N–H and O–H groups in total. The average molecular weight is 709 g/mol. The predicted octanol–water partition coefficient (Wildman–Crippen LogP) is 5.89. The number of pyridine rings is 2. The topological polar surface area (TPSA) is 125 Å². The first-order valence-corrected chi connectivity index (χ1v) is 14.4. The van der Waals surface area contributed by atoms with Gasteiger partial charge in [-0.15, -0.1) is 22.7 Å². The van der Waals surface area contributed by atoms with E-state index in [-0.39, 0.29) is 37.8 Å². The summed E-state index contributed by atoms with van der Waals surface area (Å²) in [6.45, 7) is 7.17. The fourth-order valence-electron chi connectivity index (χ4n) is 3.07. The Morgan fingerprint density at radius 2 is 1.31 bits per heavy atom. The fourth-order valence-corrected chi connectivity index (χ4v) is 6.51. The predicted molar refractivity (Wildman–Crippen MR) is 172 cm³/mol. The second-order valence-electron chi connectivity index (χ2n) is 7.48. The van der Waals surface area contributed by atoms with Crippen molar-refractivity contribution in [3.63, 3.8) is 0 Å². The summed E-state index contributed by atoms with van der Waals surface area (Å²) in [4.78, 5) is 48.1. The Balaban J connectivity index is 0.000000643. The van der Waals surface area contributed by atoms with Crippen molar-refractivity contribution in [2.45, 2.75) is 35.6 Å². The lowest BCUT2D eigenvalue weighted by Gasteiger charge is -1.98. The van der Waals surface area contributed by atoms with Gasteiger partial charge in [-0.3, -0.25) is 14.4 Å². The molecule has 13 heteroatoms. The lowest BCUT2D eigenvalue weighted by Crippen LogP contribution is -2.21. The van der Waals surface area contributed by atoms with Crippen LogP contribution in [0.2, 0.25) is 0 Å². The lowest BCUT2D eigenvalue weighted by atomic mass is 10.3. The molecule has 0 radical (unpaired) electrons. The summed E-state index contributed by atoms with van der Waals surface area (Å²) in [7, 11) is 3.37. The Kier molecular flexibility index (Phi) is 15.7. The van der Waals surface area contributed by atoms with Crippen LogP contribution in [0.15, 0.2) is 43.1 Å². The summed E-state index contributed by atoms with van der Waals surface area (Å²) in [6, 6.07) is 3.24. The number of carbonyl (C=O) groups excluding carboxylic acids is 2. The monoisotopic (exact) mass is 706 g/mol. The van der Waals surface area contributed by atoms with Crippen molar-refractivity contribution < 1.29 is 14.3 Å². The van der Waals surface area contributed by atoms with Crippen molar-refractivity contribution in [1.82, 2.24) is 14.5 Å². The molecule has 0 unspecified atom stereocenters. The van der Waals surface area contributed by atoms with E-state index in [1.807, 2.05) is 13.8 Å². The Bertz CT molecular complexity index is 1430. The first kappa shape index (κ1) is 36.7. The van der Waals surface area contributed by atoms with Crippen molar-refractivity contribution in [2.24, 2.45) is 19.8 Å². The maximum absolute atomic E-state index is 11.9. The minimum atomic E-state index is -0.386. The normalized spacial score (nSPS) is 9.85. The highest BCUT2D eigenvalue weighted by atomic mass is 79.9. The summed E-state index contributed by atoms with van der Waals surface area (Å²) in [6.07, 6.45) is 3.40. The Morgan fingerprint density at radius 1 is 0.897 bits per heavy atom. The molecule has 9 nitrogen and oxygen atoms in total. The van der Waals surface area contributed by atoms with Crippen LogP contribution >= 0.6 is 54.5 Å². The zero-order valence-electron chi connectivity index (χ0n) is 21.0. The minimum absolute atomic E-state index is 0. The Labute approximate surface area is 253 Å². The van der Waals surface area contributed by atoms with Gasteiger partial charge in [0, 0.05) is 33.0 Å². The number of aryl methyl sites for hydroxylation is 2. The van der Waals surface area contributed by atoms with Gasteiger partial charge in [0.15, 0.2) is 0 Å². The first-order valence-electron chi connectivity index (χ1n) is 11.2. The molecule has 4 aromatic heterocycles. The van der Waals surface area contributed by atoms with Crippen LogP contribution in [-0.4, -0.2) is 40.7 Å². The van der Waals surface area contributed by atoms with E-state index in [0.29, 0.717) is 33.7 Å². The number of rotatable bonds is 4. The molecule has 0 aliphatic rings. The number of aromatic nitrogens is 2. The SMILES string of the molecule is C.C.CCN.CCNC(=O)c1cc2c(=O)n(C)cc(Br)c2s1.CCOC(=O)c1cc2c(=O)n(C)cc(Br)c2s1. The first-order chi connectivity index (χ1) is 17.5. The third-order valence-corrected chi connectivity index (χ3v) is 8.69. The molecule has 0 atom stereocenters. The van der Waals surface area contributed by atoms with Crippen LogP contribution in [0.25, 0.3) is 20.2 Å². The van der Waals surface area contributed by atoms with Gasteiger partial charge >= 0.3 is 5.97 Å². The zero-order valence-corrected chi connectivity index (χ0v) is 25.8. The number of nitrogens with zero attached hydrogens (tertiary/aromatic N) is 2. The number of amides is 1. The summed E-state index contributed by atoms with van der Waals surface area (Å²) in [5, 5.41) is 3.84. The van der Waals surface area contributed by atoms with Gasteiger partial charge in [-0.2, -0.15) is 0 Å². The van der Waals surface area contributed by atoms with E-state index in [9.17, 15) is 19.2 Å². The molecule has 0 bridgehead atoms. The third kappa shape index (κ3) is 8.84. The molecular weight excluding hydrogens is 672 g/mol. The number of hydrogen-bond acceptors (Lipinski definition) is 8. The molecule has 4 rings (SSSR count). The number of ether oxygens (including phenoxy) is 1. The second-order valence-corrected chi connectivity index (χ2v) is 11.3. The number of fused-ring (bicyclic) bond motifs is 2. The highest BCUT2D eigenvalue weighted by Gasteiger charge is 2.16. The number of esters is 1. The maximum atomic E-state index is 11.9. The quantitative estimate of drug-likeness (QED) is 0.255. The van der Waals surface area contributed by atoms with Crippen LogP contribution in [0.1, 0.15) is 55.0 Å². The molecule has 1 amide bonds. The van der Waals surface area contributed by atoms with E-state index in [4.69, 9.17) is 10.5 Å². The molecule has 0 fully saturated rings. The number of nitrogens with two attached hydrogens (primary N) is 1. The lowest BCUT2D eigenvalue weighted by molar-refractivity contribution is 0.0532. The van der Waals surface area contributed by atoms with Crippen LogP contribution in [0, 0.1) is 0 Å². The second kappa shape index (κ2) is 16.7. The highest BCUT2D eigenvalue weighted by Crippen LogP contribution is 2.31. The molecule has 0 saturated heterocycles. The zero-order chi connectivity index (χ0) is 27.9. The van der Waals surface area contributed by atoms with Crippen LogP contribution < -0.4 is 22.2 Å². The molecule has 0 aromatic carbocycles. The van der Waals surface area contributed by atoms with Crippen LogP contribution in [0.5, 0.6) is 0 Å². The number of nitrogens with one attached hydrogen (secondary N) is 1. The minimum Gasteiger partial charge on any atom is -0.462 e. The molecule has 0 saturated carbocycles. The summed E-state index contributed by atoms with van der Waals surface area (Å²) in [5.41, 5.74) is 4.64. The summed E-state index contributed by atoms with van der Waals surface area (Å²) in [5.74, 6) is -0.523. The van der Waals surface area contributed by atoms with Crippen molar-refractivity contribution in [2.75, 3.05) is 19.7 Å². The van der Waals surface area contributed by atoms with Gasteiger partial charge in [0.25, 0.3) is 17.0 Å².